The van der Waals surface area contributed by atoms with E-state index in [2.05, 4.69) is 0 Å². The van der Waals surface area contributed by atoms with Gasteiger partial charge in [0.2, 0.25) is 11.8 Å². The minimum atomic E-state index is -0.0696. The van der Waals surface area contributed by atoms with Gasteiger partial charge in [0.1, 0.15) is 0 Å². The zero-order valence-electron chi connectivity index (χ0n) is 13.6. The molecule has 124 valence electrons. The van der Waals surface area contributed by atoms with Crippen LogP contribution in [0.5, 0.6) is 0 Å². The van der Waals surface area contributed by atoms with Crippen molar-refractivity contribution in [3.8, 4) is 0 Å². The lowest BCUT2D eigenvalue weighted by Crippen LogP contribution is -2.51. The number of benzene rings is 1. The van der Waals surface area contributed by atoms with Gasteiger partial charge in [-0.1, -0.05) is 30.3 Å². The summed E-state index contributed by atoms with van der Waals surface area (Å²) in [5, 5.41) is 0. The van der Waals surface area contributed by atoms with Crippen molar-refractivity contribution in [3.63, 3.8) is 0 Å². The molecule has 0 radical (unpaired) electrons. The molecule has 0 saturated carbocycles. The van der Waals surface area contributed by atoms with Gasteiger partial charge in [0.15, 0.2) is 0 Å². The van der Waals surface area contributed by atoms with Gasteiger partial charge in [-0.15, -0.1) is 0 Å². The second kappa shape index (κ2) is 7.13. The van der Waals surface area contributed by atoms with Gasteiger partial charge in [-0.3, -0.25) is 9.59 Å². The van der Waals surface area contributed by atoms with E-state index in [9.17, 15) is 9.59 Å². The molecule has 0 N–H and O–H groups in total. The fraction of sp³-hybridized carbons (Fsp3) is 0.556. The van der Waals surface area contributed by atoms with E-state index in [1.54, 1.807) is 4.90 Å². The van der Waals surface area contributed by atoms with E-state index in [-0.39, 0.29) is 30.5 Å². The highest BCUT2D eigenvalue weighted by Gasteiger charge is 2.33. The molecule has 2 saturated heterocycles. The zero-order chi connectivity index (χ0) is 16.2. The van der Waals surface area contributed by atoms with Crippen LogP contribution in [-0.2, 0) is 14.3 Å². The number of carbonyl (C=O) groups is 2. The van der Waals surface area contributed by atoms with Gasteiger partial charge in [0.25, 0.3) is 0 Å². The summed E-state index contributed by atoms with van der Waals surface area (Å²) in [6.45, 7) is 3.94. The molecule has 2 amide bonds. The van der Waals surface area contributed by atoms with Gasteiger partial charge < -0.3 is 14.5 Å². The lowest BCUT2D eigenvalue weighted by molar-refractivity contribution is -0.150. The Morgan fingerprint density at radius 2 is 2.04 bits per heavy atom. The van der Waals surface area contributed by atoms with Crippen molar-refractivity contribution >= 4 is 11.8 Å². The molecule has 3 rings (SSSR count). The second-order valence-corrected chi connectivity index (χ2v) is 6.39. The summed E-state index contributed by atoms with van der Waals surface area (Å²) in [7, 11) is 0. The minimum absolute atomic E-state index is 0.0178. The van der Waals surface area contributed by atoms with Crippen LogP contribution in [0.1, 0.15) is 37.8 Å². The number of nitrogens with zero attached hydrogens (tertiary/aromatic N) is 2. The molecular weight excluding hydrogens is 292 g/mol. The molecule has 2 atom stereocenters. The van der Waals surface area contributed by atoms with Crippen molar-refractivity contribution in [1.82, 2.24) is 9.80 Å². The summed E-state index contributed by atoms with van der Waals surface area (Å²) >= 11 is 0. The first-order chi connectivity index (χ1) is 11.1. The Morgan fingerprint density at radius 3 is 2.78 bits per heavy atom. The summed E-state index contributed by atoms with van der Waals surface area (Å²) in [4.78, 5) is 28.4. The molecule has 2 heterocycles. The monoisotopic (exact) mass is 316 g/mol. The quantitative estimate of drug-likeness (QED) is 0.857. The highest BCUT2D eigenvalue weighted by Crippen LogP contribution is 2.26. The molecule has 23 heavy (non-hydrogen) atoms. The number of rotatable bonds is 3. The normalized spacial score (nSPS) is 25.5. The Morgan fingerprint density at radius 1 is 1.26 bits per heavy atom. The highest BCUT2D eigenvalue weighted by atomic mass is 16.5. The fourth-order valence-electron chi connectivity index (χ4n) is 3.31. The predicted molar refractivity (Wildman–Crippen MR) is 86.7 cm³/mol. The number of hydrogen-bond donors (Lipinski definition) is 0. The smallest absolute Gasteiger partial charge is 0.242 e. The molecule has 2 aliphatic heterocycles. The molecule has 0 unspecified atom stereocenters. The molecule has 2 fully saturated rings. The number of morpholine rings is 1. The van der Waals surface area contributed by atoms with Crippen LogP contribution in [0.3, 0.4) is 0 Å². The van der Waals surface area contributed by atoms with Crippen LogP contribution in [0.25, 0.3) is 0 Å². The highest BCUT2D eigenvalue weighted by molar-refractivity contribution is 5.85. The number of hydrogen-bond acceptors (Lipinski definition) is 3. The number of ether oxygens (including phenoxy) is 1. The van der Waals surface area contributed by atoms with E-state index in [1.165, 1.54) is 0 Å². The van der Waals surface area contributed by atoms with E-state index in [0.29, 0.717) is 26.1 Å². The van der Waals surface area contributed by atoms with Gasteiger partial charge >= 0.3 is 0 Å². The Hall–Kier alpha value is -1.88. The minimum Gasteiger partial charge on any atom is -0.374 e. The molecule has 1 aromatic carbocycles. The van der Waals surface area contributed by atoms with E-state index in [4.69, 9.17) is 4.74 Å². The molecule has 0 aromatic heterocycles. The molecule has 0 bridgehead atoms. The number of carbonyl (C=O) groups excluding carboxylic acids is 2. The Bertz CT molecular complexity index is 561. The van der Waals surface area contributed by atoms with E-state index in [0.717, 1.165) is 18.4 Å². The maximum Gasteiger partial charge on any atom is 0.242 e. The maximum atomic E-state index is 12.8. The van der Waals surface area contributed by atoms with Gasteiger partial charge in [0.05, 0.1) is 25.3 Å². The number of likely N-dealkylation sites (tertiary alicyclic amines) is 1. The largest absolute Gasteiger partial charge is 0.374 e. The topological polar surface area (TPSA) is 49.9 Å². The first kappa shape index (κ1) is 16.0. The van der Waals surface area contributed by atoms with Crippen molar-refractivity contribution in [2.45, 2.75) is 38.3 Å². The third-order valence-corrected chi connectivity index (χ3v) is 4.62. The third kappa shape index (κ3) is 3.72. The van der Waals surface area contributed by atoms with Crippen molar-refractivity contribution in [1.29, 1.82) is 0 Å². The first-order valence-corrected chi connectivity index (χ1v) is 8.39. The summed E-state index contributed by atoms with van der Waals surface area (Å²) in [5.41, 5.74) is 1.08. The average Bonchev–Trinajstić information content (AvgIpc) is 2.57. The van der Waals surface area contributed by atoms with Crippen molar-refractivity contribution in [3.05, 3.63) is 35.9 Å². The van der Waals surface area contributed by atoms with Crippen molar-refractivity contribution in [2.24, 2.45) is 0 Å². The van der Waals surface area contributed by atoms with Gasteiger partial charge in [-0.25, -0.2) is 0 Å². The Labute approximate surface area is 137 Å². The molecular formula is C18H24N2O3. The molecule has 5 heteroatoms. The number of piperidine rings is 1. The lowest BCUT2D eigenvalue weighted by Gasteiger charge is -2.40. The number of amides is 2. The van der Waals surface area contributed by atoms with E-state index in [1.807, 2.05) is 42.2 Å². The van der Waals surface area contributed by atoms with Gasteiger partial charge in [-0.2, -0.15) is 0 Å². The van der Waals surface area contributed by atoms with Crippen LogP contribution in [0.2, 0.25) is 0 Å². The second-order valence-electron chi connectivity index (χ2n) is 6.39. The fourth-order valence-corrected chi connectivity index (χ4v) is 3.31. The van der Waals surface area contributed by atoms with Crippen LogP contribution >= 0.6 is 0 Å². The average molecular weight is 316 g/mol. The summed E-state index contributed by atoms with van der Waals surface area (Å²) < 4.78 is 5.76. The molecule has 0 spiro atoms. The summed E-state index contributed by atoms with van der Waals surface area (Å²) in [6, 6.07) is 9.90. The maximum absolute atomic E-state index is 12.8. The lowest BCUT2D eigenvalue weighted by atomic mass is 10.0. The van der Waals surface area contributed by atoms with Crippen LogP contribution in [-0.4, -0.2) is 54.0 Å². The first-order valence-electron chi connectivity index (χ1n) is 8.39. The van der Waals surface area contributed by atoms with Gasteiger partial charge in [-0.05, 0) is 25.3 Å². The molecule has 0 aliphatic carbocycles. The Balaban J connectivity index is 1.73. The van der Waals surface area contributed by atoms with Crippen molar-refractivity contribution < 1.29 is 14.3 Å². The Kier molecular flexibility index (Phi) is 4.96. The van der Waals surface area contributed by atoms with Gasteiger partial charge in [0, 0.05) is 19.5 Å². The SMILES string of the molecule is C[C@@H]1CN(C(=O)CN2CCCCC2=O)[C@@H](c2ccccc2)CO1. The standard InChI is InChI=1S/C18H24N2O3/c1-14-11-20(16(13-23-14)15-7-3-2-4-8-15)18(22)12-19-10-6-5-9-17(19)21/h2-4,7-8,14,16H,5-6,9-13H2,1H3/t14-,16-/m1/s1. The molecule has 2 aliphatic rings. The van der Waals surface area contributed by atoms with E-state index < -0.39 is 0 Å². The van der Waals surface area contributed by atoms with Crippen molar-refractivity contribution in [2.75, 3.05) is 26.2 Å². The molecule has 1 aromatic rings. The molecule has 5 nitrogen and oxygen atoms in total. The van der Waals surface area contributed by atoms with Crippen LogP contribution in [0, 0.1) is 0 Å². The van der Waals surface area contributed by atoms with Crippen LogP contribution in [0.15, 0.2) is 30.3 Å². The third-order valence-electron chi connectivity index (χ3n) is 4.62. The summed E-state index contributed by atoms with van der Waals surface area (Å²) in [6.07, 6.45) is 2.51. The predicted octanol–water partition coefficient (Wildman–Crippen LogP) is 1.99. The van der Waals surface area contributed by atoms with Crippen LogP contribution in [0.4, 0.5) is 0 Å². The van der Waals surface area contributed by atoms with E-state index >= 15 is 0 Å². The zero-order valence-corrected chi connectivity index (χ0v) is 13.6. The van der Waals surface area contributed by atoms with Crippen LogP contribution < -0.4 is 0 Å². The summed E-state index contributed by atoms with van der Waals surface area (Å²) in [5.74, 6) is 0.117.